The summed E-state index contributed by atoms with van der Waals surface area (Å²) in [6.07, 6.45) is 0.671. The smallest absolute Gasteiger partial charge is 0.251 e. The Morgan fingerprint density at radius 3 is 2.46 bits per heavy atom. The highest BCUT2D eigenvalue weighted by atomic mass is 32.1. The van der Waals surface area contributed by atoms with Crippen LogP contribution in [-0.4, -0.2) is 22.8 Å². The maximum absolute atomic E-state index is 12.3. The van der Waals surface area contributed by atoms with Crippen LogP contribution in [0.3, 0.4) is 0 Å². The molecule has 3 rings (SSSR count). The van der Waals surface area contributed by atoms with Crippen molar-refractivity contribution in [2.24, 2.45) is 5.73 Å². The van der Waals surface area contributed by atoms with E-state index in [0.29, 0.717) is 17.5 Å². The van der Waals surface area contributed by atoms with Crippen molar-refractivity contribution in [3.8, 4) is 0 Å². The van der Waals surface area contributed by atoms with E-state index in [9.17, 15) is 9.59 Å². The Hall–Kier alpha value is -2.73. The second-order valence-electron chi connectivity index (χ2n) is 5.60. The van der Waals surface area contributed by atoms with E-state index in [-0.39, 0.29) is 11.9 Å². The minimum Gasteiger partial charge on any atom is -0.366 e. The number of hydrogen-bond acceptors (Lipinski definition) is 4. The Morgan fingerprint density at radius 1 is 1.12 bits per heavy atom. The van der Waals surface area contributed by atoms with E-state index in [1.54, 1.807) is 35.6 Å². The van der Waals surface area contributed by atoms with Crippen molar-refractivity contribution in [2.45, 2.75) is 19.4 Å². The summed E-state index contributed by atoms with van der Waals surface area (Å²) in [5.74, 6) is -0.689. The van der Waals surface area contributed by atoms with Crippen molar-refractivity contribution in [3.63, 3.8) is 0 Å². The summed E-state index contributed by atoms with van der Waals surface area (Å²) in [7, 11) is 0. The third-order valence-electron chi connectivity index (χ3n) is 3.63. The molecule has 0 aliphatic heterocycles. The maximum atomic E-state index is 12.3. The molecule has 1 aromatic heterocycles. The van der Waals surface area contributed by atoms with Gasteiger partial charge in [0.1, 0.15) is 0 Å². The summed E-state index contributed by atoms with van der Waals surface area (Å²) in [6.45, 7) is 1.95. The van der Waals surface area contributed by atoms with Gasteiger partial charge < -0.3 is 11.1 Å². The lowest BCUT2D eigenvalue weighted by atomic mass is 10.1. The first kappa shape index (κ1) is 16.1. The molecule has 0 bridgehead atoms. The number of para-hydroxylation sites is 1. The normalized spacial score (nSPS) is 12.0. The zero-order valence-electron chi connectivity index (χ0n) is 13.2. The Labute approximate surface area is 143 Å². The van der Waals surface area contributed by atoms with Crippen LogP contribution in [0.2, 0.25) is 0 Å². The molecule has 24 heavy (non-hydrogen) atoms. The van der Waals surface area contributed by atoms with Gasteiger partial charge in [-0.25, -0.2) is 4.98 Å². The van der Waals surface area contributed by atoms with E-state index < -0.39 is 5.91 Å². The molecule has 3 aromatic rings. The number of nitrogens with two attached hydrogens (primary N) is 1. The number of primary amides is 1. The third kappa shape index (κ3) is 3.60. The fourth-order valence-corrected chi connectivity index (χ4v) is 3.51. The highest BCUT2D eigenvalue weighted by Gasteiger charge is 2.13. The lowest BCUT2D eigenvalue weighted by Gasteiger charge is -2.12. The number of aromatic nitrogens is 1. The molecule has 0 aliphatic carbocycles. The summed E-state index contributed by atoms with van der Waals surface area (Å²) in [5, 5.41) is 3.94. The number of amides is 2. The molecule has 0 spiro atoms. The van der Waals surface area contributed by atoms with E-state index >= 15 is 0 Å². The van der Waals surface area contributed by atoms with Gasteiger partial charge >= 0.3 is 0 Å². The SMILES string of the molecule is C[C@H](Cc1nc2ccccc2s1)NC(=O)c1ccc(C(N)=O)cc1. The molecule has 1 atom stereocenters. The molecule has 1 heterocycles. The van der Waals surface area contributed by atoms with Crippen molar-refractivity contribution in [1.29, 1.82) is 0 Å². The Bertz CT molecular complexity index is 854. The van der Waals surface area contributed by atoms with Crippen molar-refractivity contribution < 1.29 is 9.59 Å². The maximum Gasteiger partial charge on any atom is 0.251 e. The molecule has 0 fully saturated rings. The van der Waals surface area contributed by atoms with Gasteiger partial charge in [-0.1, -0.05) is 12.1 Å². The van der Waals surface area contributed by atoms with Crippen LogP contribution in [0.25, 0.3) is 10.2 Å². The zero-order valence-corrected chi connectivity index (χ0v) is 14.0. The van der Waals surface area contributed by atoms with E-state index in [2.05, 4.69) is 10.3 Å². The monoisotopic (exact) mass is 339 g/mol. The molecular formula is C18H17N3O2S. The molecule has 0 unspecified atom stereocenters. The fourth-order valence-electron chi connectivity index (χ4n) is 2.41. The van der Waals surface area contributed by atoms with Gasteiger partial charge in [0, 0.05) is 23.6 Å². The number of thiazole rings is 1. The van der Waals surface area contributed by atoms with Crippen LogP contribution < -0.4 is 11.1 Å². The van der Waals surface area contributed by atoms with Gasteiger partial charge in [-0.3, -0.25) is 9.59 Å². The predicted molar refractivity (Wildman–Crippen MR) is 95.2 cm³/mol. The number of rotatable bonds is 5. The van der Waals surface area contributed by atoms with Crippen LogP contribution in [-0.2, 0) is 6.42 Å². The second kappa shape index (κ2) is 6.80. The molecule has 0 radical (unpaired) electrons. The fraction of sp³-hybridized carbons (Fsp3) is 0.167. The highest BCUT2D eigenvalue weighted by Crippen LogP contribution is 2.22. The van der Waals surface area contributed by atoms with Gasteiger partial charge in [-0.05, 0) is 43.3 Å². The van der Waals surface area contributed by atoms with Crippen molar-refractivity contribution in [2.75, 3.05) is 0 Å². The minimum absolute atomic E-state index is 0.0473. The van der Waals surface area contributed by atoms with Crippen LogP contribution in [0.1, 0.15) is 32.6 Å². The topological polar surface area (TPSA) is 85.1 Å². The number of carbonyl (C=O) groups excluding carboxylic acids is 2. The predicted octanol–water partition coefficient (Wildman–Crippen LogP) is 2.76. The first-order valence-electron chi connectivity index (χ1n) is 7.58. The Balaban J connectivity index is 1.64. The quantitative estimate of drug-likeness (QED) is 0.749. The van der Waals surface area contributed by atoms with E-state index in [1.165, 1.54) is 0 Å². The average Bonchev–Trinajstić information content (AvgIpc) is 2.96. The summed E-state index contributed by atoms with van der Waals surface area (Å²) < 4.78 is 1.15. The van der Waals surface area contributed by atoms with E-state index in [1.807, 2.05) is 31.2 Å². The molecule has 3 N–H and O–H groups in total. The van der Waals surface area contributed by atoms with Crippen molar-refractivity contribution in [3.05, 3.63) is 64.7 Å². The van der Waals surface area contributed by atoms with Crippen LogP contribution >= 0.6 is 11.3 Å². The summed E-state index contributed by atoms with van der Waals surface area (Å²) >= 11 is 1.64. The molecule has 0 saturated heterocycles. The lowest BCUT2D eigenvalue weighted by molar-refractivity contribution is 0.0937. The number of carbonyl (C=O) groups is 2. The van der Waals surface area contributed by atoms with Gasteiger partial charge in [0.25, 0.3) is 5.91 Å². The van der Waals surface area contributed by atoms with Gasteiger partial charge in [-0.2, -0.15) is 0 Å². The molecule has 122 valence electrons. The Kier molecular flexibility index (Phi) is 4.57. The lowest BCUT2D eigenvalue weighted by Crippen LogP contribution is -2.34. The van der Waals surface area contributed by atoms with Crippen molar-refractivity contribution >= 4 is 33.4 Å². The van der Waals surface area contributed by atoms with E-state index in [4.69, 9.17) is 5.73 Å². The molecule has 2 aromatic carbocycles. The van der Waals surface area contributed by atoms with Crippen LogP contribution in [0.5, 0.6) is 0 Å². The molecule has 5 nitrogen and oxygen atoms in total. The van der Waals surface area contributed by atoms with Gasteiger partial charge in [-0.15, -0.1) is 11.3 Å². The van der Waals surface area contributed by atoms with Gasteiger partial charge in [0.05, 0.1) is 15.2 Å². The zero-order chi connectivity index (χ0) is 17.1. The Morgan fingerprint density at radius 2 is 1.79 bits per heavy atom. The molecule has 2 amide bonds. The summed E-state index contributed by atoms with van der Waals surface area (Å²) in [6, 6.07) is 14.2. The number of hydrogen-bond donors (Lipinski definition) is 2. The van der Waals surface area contributed by atoms with Crippen LogP contribution in [0, 0.1) is 0 Å². The van der Waals surface area contributed by atoms with Crippen LogP contribution in [0.4, 0.5) is 0 Å². The summed E-state index contributed by atoms with van der Waals surface area (Å²) in [5.41, 5.74) is 7.06. The number of nitrogens with one attached hydrogen (secondary N) is 1. The molecular weight excluding hydrogens is 322 g/mol. The van der Waals surface area contributed by atoms with E-state index in [0.717, 1.165) is 15.2 Å². The molecule has 6 heteroatoms. The van der Waals surface area contributed by atoms with Crippen LogP contribution in [0.15, 0.2) is 48.5 Å². The summed E-state index contributed by atoms with van der Waals surface area (Å²) in [4.78, 5) is 27.9. The first-order chi connectivity index (χ1) is 11.5. The largest absolute Gasteiger partial charge is 0.366 e. The van der Waals surface area contributed by atoms with Crippen molar-refractivity contribution in [1.82, 2.24) is 10.3 Å². The molecule has 0 saturated carbocycles. The number of benzene rings is 2. The number of fused-ring (bicyclic) bond motifs is 1. The molecule has 0 aliphatic rings. The first-order valence-corrected chi connectivity index (χ1v) is 8.40. The minimum atomic E-state index is -0.508. The van der Waals surface area contributed by atoms with Gasteiger partial charge in [0.2, 0.25) is 5.91 Å². The number of nitrogens with zero attached hydrogens (tertiary/aromatic N) is 1. The second-order valence-corrected chi connectivity index (χ2v) is 6.71. The third-order valence-corrected chi connectivity index (χ3v) is 4.69. The average molecular weight is 339 g/mol. The van der Waals surface area contributed by atoms with Gasteiger partial charge in [0.15, 0.2) is 0 Å². The standard InChI is InChI=1S/C18H17N3O2S/c1-11(10-16-21-14-4-2-3-5-15(14)24-16)20-18(23)13-8-6-12(7-9-13)17(19)22/h2-9,11H,10H2,1H3,(H2,19,22)(H,20,23)/t11-/m1/s1. The highest BCUT2D eigenvalue weighted by molar-refractivity contribution is 7.18.